The number of rotatable bonds is 7. The molecule has 29 heavy (non-hydrogen) atoms. The molecule has 1 fully saturated rings. The maximum Gasteiger partial charge on any atom is 0.309 e. The molecular formula is C21H24BrNO5S. The average Bonchev–Trinajstić information content (AvgIpc) is 2.71. The van der Waals surface area contributed by atoms with E-state index in [1.807, 2.05) is 31.2 Å². The van der Waals surface area contributed by atoms with Crippen molar-refractivity contribution < 1.29 is 22.7 Å². The number of carbonyl (C=O) groups excluding carboxylic acids is 1. The van der Waals surface area contributed by atoms with E-state index in [1.54, 1.807) is 24.3 Å². The number of aryl methyl sites for hydroxylation is 1. The van der Waals surface area contributed by atoms with Gasteiger partial charge >= 0.3 is 5.97 Å². The van der Waals surface area contributed by atoms with Crippen LogP contribution in [0.2, 0.25) is 0 Å². The van der Waals surface area contributed by atoms with Gasteiger partial charge in [-0.15, -0.1) is 0 Å². The quantitative estimate of drug-likeness (QED) is 0.444. The average molecular weight is 482 g/mol. The van der Waals surface area contributed by atoms with E-state index in [1.165, 1.54) is 4.31 Å². The van der Waals surface area contributed by atoms with Crippen LogP contribution >= 0.6 is 15.9 Å². The number of esters is 1. The molecule has 0 unspecified atom stereocenters. The van der Waals surface area contributed by atoms with Gasteiger partial charge in [0.1, 0.15) is 19.0 Å². The Labute approximate surface area is 180 Å². The van der Waals surface area contributed by atoms with E-state index in [2.05, 4.69) is 15.9 Å². The van der Waals surface area contributed by atoms with Gasteiger partial charge in [0.25, 0.3) is 0 Å². The van der Waals surface area contributed by atoms with E-state index in [-0.39, 0.29) is 30.0 Å². The molecule has 0 aliphatic carbocycles. The molecule has 8 heteroatoms. The first-order valence-electron chi connectivity index (χ1n) is 9.48. The van der Waals surface area contributed by atoms with E-state index in [0.717, 1.165) is 10.0 Å². The van der Waals surface area contributed by atoms with Crippen LogP contribution in [0.25, 0.3) is 0 Å². The summed E-state index contributed by atoms with van der Waals surface area (Å²) in [7, 11) is -3.53. The Bertz CT molecular complexity index is 938. The molecule has 0 N–H and O–H groups in total. The second-order valence-corrected chi connectivity index (χ2v) is 9.82. The summed E-state index contributed by atoms with van der Waals surface area (Å²) in [6.45, 7) is 2.96. The monoisotopic (exact) mass is 481 g/mol. The summed E-state index contributed by atoms with van der Waals surface area (Å²) < 4.78 is 38.7. The summed E-state index contributed by atoms with van der Waals surface area (Å²) >= 11 is 3.37. The molecule has 3 rings (SSSR count). The maximum absolute atomic E-state index is 12.7. The van der Waals surface area contributed by atoms with Gasteiger partial charge in [-0.25, -0.2) is 8.42 Å². The number of sulfonamides is 1. The highest BCUT2D eigenvalue weighted by Crippen LogP contribution is 2.25. The highest BCUT2D eigenvalue weighted by Gasteiger charge is 2.32. The zero-order valence-corrected chi connectivity index (χ0v) is 18.6. The van der Waals surface area contributed by atoms with Gasteiger partial charge in [-0.05, 0) is 50.1 Å². The molecule has 156 valence electrons. The molecule has 0 aromatic heterocycles. The molecule has 6 nitrogen and oxygen atoms in total. The molecule has 0 saturated carbocycles. The minimum Gasteiger partial charge on any atom is -0.490 e. The third-order valence-electron chi connectivity index (χ3n) is 4.84. The Kier molecular flexibility index (Phi) is 7.32. The van der Waals surface area contributed by atoms with E-state index < -0.39 is 10.0 Å². The van der Waals surface area contributed by atoms with Gasteiger partial charge in [-0.3, -0.25) is 4.79 Å². The molecule has 0 amide bonds. The van der Waals surface area contributed by atoms with Gasteiger partial charge in [0.05, 0.1) is 10.8 Å². The second kappa shape index (κ2) is 9.73. The van der Waals surface area contributed by atoms with Crippen molar-refractivity contribution in [3.8, 4) is 5.75 Å². The Hall–Kier alpha value is -1.90. The third kappa shape index (κ3) is 5.81. The van der Waals surface area contributed by atoms with Crippen molar-refractivity contribution in [1.29, 1.82) is 0 Å². The Morgan fingerprint density at radius 3 is 2.45 bits per heavy atom. The standard InChI is InChI=1S/C21H24BrNO5S/c1-16-5-7-20(8-6-16)29(25,26)23-11-9-17(10-12-23)21(24)28-14-13-27-19-4-2-3-18(22)15-19/h2-8,15,17H,9-14H2,1H3. The lowest BCUT2D eigenvalue weighted by Crippen LogP contribution is -2.40. The largest absolute Gasteiger partial charge is 0.490 e. The predicted octanol–water partition coefficient (Wildman–Crippen LogP) is 3.78. The van der Waals surface area contributed by atoms with Crippen LogP contribution < -0.4 is 4.74 Å². The summed E-state index contributed by atoms with van der Waals surface area (Å²) in [4.78, 5) is 12.6. The minimum atomic E-state index is -3.53. The van der Waals surface area contributed by atoms with Gasteiger partial charge in [-0.2, -0.15) is 4.31 Å². The molecular weight excluding hydrogens is 458 g/mol. The molecule has 0 atom stereocenters. The van der Waals surface area contributed by atoms with Crippen molar-refractivity contribution in [2.75, 3.05) is 26.3 Å². The summed E-state index contributed by atoms with van der Waals surface area (Å²) in [5, 5.41) is 0. The highest BCUT2D eigenvalue weighted by molar-refractivity contribution is 9.10. The van der Waals surface area contributed by atoms with E-state index in [9.17, 15) is 13.2 Å². The molecule has 2 aromatic rings. The fourth-order valence-electron chi connectivity index (χ4n) is 3.17. The lowest BCUT2D eigenvalue weighted by Gasteiger charge is -2.30. The van der Waals surface area contributed by atoms with Crippen LogP contribution in [0.4, 0.5) is 0 Å². The van der Waals surface area contributed by atoms with Gasteiger partial charge in [0, 0.05) is 17.6 Å². The Balaban J connectivity index is 1.44. The molecule has 1 aliphatic heterocycles. The lowest BCUT2D eigenvalue weighted by atomic mass is 9.98. The first kappa shape index (κ1) is 21.8. The number of hydrogen-bond donors (Lipinski definition) is 0. The van der Waals surface area contributed by atoms with E-state index >= 15 is 0 Å². The fraction of sp³-hybridized carbons (Fsp3) is 0.381. The van der Waals surface area contributed by atoms with Crippen molar-refractivity contribution in [3.05, 3.63) is 58.6 Å². The Morgan fingerprint density at radius 2 is 1.79 bits per heavy atom. The van der Waals surface area contributed by atoms with Gasteiger partial charge < -0.3 is 9.47 Å². The van der Waals surface area contributed by atoms with Crippen molar-refractivity contribution in [2.45, 2.75) is 24.7 Å². The van der Waals surface area contributed by atoms with Gasteiger partial charge in [0.15, 0.2) is 0 Å². The van der Waals surface area contributed by atoms with Crippen LogP contribution in [0, 0.1) is 12.8 Å². The number of piperidine rings is 1. The van der Waals surface area contributed by atoms with Crippen LogP contribution in [0.5, 0.6) is 5.75 Å². The molecule has 0 radical (unpaired) electrons. The van der Waals surface area contributed by atoms with E-state index in [0.29, 0.717) is 31.7 Å². The normalized spacial score (nSPS) is 15.8. The molecule has 0 bridgehead atoms. The lowest BCUT2D eigenvalue weighted by molar-refractivity contribution is -0.150. The maximum atomic E-state index is 12.7. The van der Waals surface area contributed by atoms with Crippen molar-refractivity contribution >= 4 is 31.9 Å². The van der Waals surface area contributed by atoms with Crippen LogP contribution in [-0.4, -0.2) is 45.0 Å². The molecule has 1 saturated heterocycles. The minimum absolute atomic E-state index is 0.160. The zero-order valence-electron chi connectivity index (χ0n) is 16.2. The summed E-state index contributed by atoms with van der Waals surface area (Å²) in [6, 6.07) is 14.2. The van der Waals surface area contributed by atoms with E-state index in [4.69, 9.17) is 9.47 Å². The van der Waals surface area contributed by atoms with Crippen LogP contribution in [0.1, 0.15) is 18.4 Å². The van der Waals surface area contributed by atoms with Crippen molar-refractivity contribution in [3.63, 3.8) is 0 Å². The SMILES string of the molecule is Cc1ccc(S(=O)(=O)N2CCC(C(=O)OCCOc3cccc(Br)c3)CC2)cc1. The first-order valence-corrected chi connectivity index (χ1v) is 11.7. The van der Waals surface area contributed by atoms with Crippen LogP contribution in [0.15, 0.2) is 57.9 Å². The predicted molar refractivity (Wildman–Crippen MR) is 113 cm³/mol. The van der Waals surface area contributed by atoms with Crippen molar-refractivity contribution in [2.24, 2.45) is 5.92 Å². The smallest absolute Gasteiger partial charge is 0.309 e. The summed E-state index contributed by atoms with van der Waals surface area (Å²) in [6.07, 6.45) is 0.910. The third-order valence-corrected chi connectivity index (χ3v) is 7.24. The van der Waals surface area contributed by atoms with Crippen LogP contribution in [-0.2, 0) is 19.6 Å². The molecule has 2 aromatic carbocycles. The molecule has 1 heterocycles. The number of carbonyl (C=O) groups is 1. The number of ether oxygens (including phenoxy) is 2. The number of hydrogen-bond acceptors (Lipinski definition) is 5. The molecule has 0 spiro atoms. The number of halogens is 1. The summed E-state index contributed by atoms with van der Waals surface area (Å²) in [5.74, 6) is 0.116. The summed E-state index contributed by atoms with van der Waals surface area (Å²) in [5.41, 5.74) is 1.01. The zero-order chi connectivity index (χ0) is 20.9. The van der Waals surface area contributed by atoms with Crippen LogP contribution in [0.3, 0.4) is 0 Å². The fourth-order valence-corrected chi connectivity index (χ4v) is 5.02. The van der Waals surface area contributed by atoms with Crippen molar-refractivity contribution in [1.82, 2.24) is 4.31 Å². The highest BCUT2D eigenvalue weighted by atomic mass is 79.9. The topological polar surface area (TPSA) is 72.9 Å². The van der Waals surface area contributed by atoms with Gasteiger partial charge in [0.2, 0.25) is 10.0 Å². The molecule has 1 aliphatic rings. The number of nitrogens with zero attached hydrogens (tertiary/aromatic N) is 1. The first-order chi connectivity index (χ1) is 13.9. The second-order valence-electron chi connectivity index (χ2n) is 6.96. The number of benzene rings is 2. The Morgan fingerprint density at radius 1 is 1.10 bits per heavy atom. The van der Waals surface area contributed by atoms with Gasteiger partial charge in [-0.1, -0.05) is 39.7 Å².